The second-order valence-electron chi connectivity index (χ2n) is 1.76. The normalized spacial score (nSPS) is 8.33. The van der Waals surface area contributed by atoms with E-state index in [1.165, 1.54) is 13.5 Å². The largest absolute Gasteiger partial charge is 0.463 e. The standard InChI is InChI=1S/C6H7NO3.CH4S/c1-4-5(6(8)9-2)10-3-7-4;1-2/h3H,1-2H3;2H,1H3. The Kier molecular flexibility index (Phi) is 5.19. The summed E-state index contributed by atoms with van der Waals surface area (Å²) < 4.78 is 9.13. The predicted molar refractivity (Wildman–Crippen MR) is 47.5 cm³/mol. The molecule has 0 spiro atoms. The summed E-state index contributed by atoms with van der Waals surface area (Å²) in [5.41, 5.74) is 0.548. The molecule has 0 amide bonds. The van der Waals surface area contributed by atoms with E-state index >= 15 is 0 Å². The molecule has 0 N–H and O–H groups in total. The van der Waals surface area contributed by atoms with Crippen molar-refractivity contribution in [3.63, 3.8) is 0 Å². The van der Waals surface area contributed by atoms with Crippen molar-refractivity contribution in [3.8, 4) is 0 Å². The van der Waals surface area contributed by atoms with E-state index in [4.69, 9.17) is 4.42 Å². The van der Waals surface area contributed by atoms with E-state index < -0.39 is 5.97 Å². The molecule has 68 valence electrons. The molecule has 0 saturated carbocycles. The van der Waals surface area contributed by atoms with E-state index in [9.17, 15) is 4.79 Å². The van der Waals surface area contributed by atoms with Gasteiger partial charge in [-0.15, -0.1) is 0 Å². The van der Waals surface area contributed by atoms with Gasteiger partial charge in [-0.1, -0.05) is 0 Å². The van der Waals surface area contributed by atoms with Gasteiger partial charge in [-0.25, -0.2) is 9.78 Å². The number of carbonyl (C=O) groups is 1. The molecule has 0 unspecified atom stereocenters. The molecule has 0 bridgehead atoms. The lowest BCUT2D eigenvalue weighted by atomic mass is 10.4. The number of aryl methyl sites for hydroxylation is 1. The Bertz CT molecular complexity index is 247. The van der Waals surface area contributed by atoms with Crippen molar-refractivity contribution < 1.29 is 13.9 Å². The first kappa shape index (κ1) is 11.0. The van der Waals surface area contributed by atoms with Gasteiger partial charge in [0.2, 0.25) is 5.76 Å². The van der Waals surface area contributed by atoms with E-state index in [2.05, 4.69) is 22.3 Å². The summed E-state index contributed by atoms with van der Waals surface area (Å²) in [4.78, 5) is 14.5. The fraction of sp³-hybridized carbons (Fsp3) is 0.429. The van der Waals surface area contributed by atoms with Crippen molar-refractivity contribution in [2.24, 2.45) is 0 Å². The third-order valence-electron chi connectivity index (χ3n) is 1.12. The van der Waals surface area contributed by atoms with Gasteiger partial charge >= 0.3 is 5.97 Å². The maximum absolute atomic E-state index is 10.7. The number of aromatic nitrogens is 1. The number of ether oxygens (including phenoxy) is 1. The number of esters is 1. The van der Waals surface area contributed by atoms with Gasteiger partial charge in [0.25, 0.3) is 0 Å². The molecular formula is C7H11NO3S. The van der Waals surface area contributed by atoms with Crippen LogP contribution in [0.25, 0.3) is 0 Å². The van der Waals surface area contributed by atoms with Crippen molar-refractivity contribution in [3.05, 3.63) is 17.8 Å². The van der Waals surface area contributed by atoms with Crippen LogP contribution in [0.4, 0.5) is 0 Å². The fourth-order valence-electron chi connectivity index (χ4n) is 0.591. The summed E-state index contributed by atoms with van der Waals surface area (Å²) in [6.45, 7) is 1.68. The molecule has 1 rings (SSSR count). The Morgan fingerprint density at radius 3 is 2.58 bits per heavy atom. The van der Waals surface area contributed by atoms with Crippen molar-refractivity contribution in [2.45, 2.75) is 6.92 Å². The lowest BCUT2D eigenvalue weighted by molar-refractivity contribution is 0.0564. The minimum Gasteiger partial charge on any atom is -0.463 e. The molecule has 12 heavy (non-hydrogen) atoms. The minimum absolute atomic E-state index is 0.169. The van der Waals surface area contributed by atoms with E-state index in [-0.39, 0.29) is 5.76 Å². The maximum atomic E-state index is 10.7. The summed E-state index contributed by atoms with van der Waals surface area (Å²) in [6, 6.07) is 0. The van der Waals surface area contributed by atoms with Crippen LogP contribution in [-0.4, -0.2) is 24.3 Å². The van der Waals surface area contributed by atoms with Gasteiger partial charge in [0.15, 0.2) is 6.39 Å². The molecule has 0 aliphatic rings. The molecule has 0 saturated heterocycles. The highest BCUT2D eigenvalue weighted by atomic mass is 32.1. The Morgan fingerprint density at radius 1 is 1.67 bits per heavy atom. The molecule has 4 nitrogen and oxygen atoms in total. The Hall–Kier alpha value is -0.970. The van der Waals surface area contributed by atoms with Crippen LogP contribution in [0.5, 0.6) is 0 Å². The minimum atomic E-state index is -0.491. The molecule has 5 heteroatoms. The van der Waals surface area contributed by atoms with E-state index in [0.29, 0.717) is 5.69 Å². The quantitative estimate of drug-likeness (QED) is 0.534. The highest BCUT2D eigenvalue weighted by molar-refractivity contribution is 7.79. The summed E-state index contributed by atoms with van der Waals surface area (Å²) in [5, 5.41) is 0. The molecule has 1 aromatic heterocycles. The van der Waals surface area contributed by atoms with Crippen LogP contribution >= 0.6 is 12.6 Å². The Morgan fingerprint density at radius 2 is 2.25 bits per heavy atom. The first-order valence-corrected chi connectivity index (χ1v) is 4.08. The van der Waals surface area contributed by atoms with Gasteiger partial charge < -0.3 is 9.15 Å². The molecule has 1 heterocycles. The number of rotatable bonds is 1. The molecule has 0 aliphatic carbocycles. The van der Waals surface area contributed by atoms with E-state index in [1.54, 1.807) is 13.2 Å². The molecule has 0 aromatic carbocycles. The van der Waals surface area contributed by atoms with Crippen LogP contribution in [-0.2, 0) is 4.74 Å². The van der Waals surface area contributed by atoms with E-state index in [0.717, 1.165) is 0 Å². The first-order chi connectivity index (χ1) is 5.75. The van der Waals surface area contributed by atoms with Crippen LogP contribution in [0.1, 0.15) is 16.2 Å². The third-order valence-corrected chi connectivity index (χ3v) is 1.12. The lowest BCUT2D eigenvalue weighted by Gasteiger charge is -1.91. The summed E-state index contributed by atoms with van der Waals surface area (Å²) in [7, 11) is 1.30. The Balaban J connectivity index is 0.000000561. The van der Waals surface area contributed by atoms with Crippen LogP contribution < -0.4 is 0 Å². The summed E-state index contributed by atoms with van der Waals surface area (Å²) >= 11 is 3.53. The van der Waals surface area contributed by atoms with Crippen LogP contribution in [0, 0.1) is 6.92 Å². The van der Waals surface area contributed by atoms with Crippen molar-refractivity contribution in [1.82, 2.24) is 4.98 Å². The molecule has 0 radical (unpaired) electrons. The average molecular weight is 189 g/mol. The van der Waals surface area contributed by atoms with Crippen molar-refractivity contribution >= 4 is 18.6 Å². The zero-order chi connectivity index (χ0) is 9.56. The van der Waals surface area contributed by atoms with Gasteiger partial charge in [-0.2, -0.15) is 12.6 Å². The smallest absolute Gasteiger partial charge is 0.375 e. The average Bonchev–Trinajstić information content (AvgIpc) is 2.54. The van der Waals surface area contributed by atoms with Gasteiger partial charge in [0.05, 0.1) is 12.8 Å². The number of hydrogen-bond donors (Lipinski definition) is 1. The van der Waals surface area contributed by atoms with Gasteiger partial charge in [0, 0.05) is 0 Å². The van der Waals surface area contributed by atoms with Crippen LogP contribution in [0.15, 0.2) is 10.8 Å². The van der Waals surface area contributed by atoms with Crippen molar-refractivity contribution in [1.29, 1.82) is 0 Å². The molecule has 0 atom stereocenters. The first-order valence-electron chi connectivity index (χ1n) is 3.19. The summed E-state index contributed by atoms with van der Waals surface area (Å²) in [5.74, 6) is -0.322. The van der Waals surface area contributed by atoms with Crippen LogP contribution in [0.3, 0.4) is 0 Å². The molecule has 0 aliphatic heterocycles. The van der Waals surface area contributed by atoms with Gasteiger partial charge in [0.1, 0.15) is 0 Å². The fourth-order valence-corrected chi connectivity index (χ4v) is 0.591. The number of oxazole rings is 1. The van der Waals surface area contributed by atoms with Crippen molar-refractivity contribution in [2.75, 3.05) is 13.4 Å². The highest BCUT2D eigenvalue weighted by Gasteiger charge is 2.12. The van der Waals surface area contributed by atoms with Gasteiger partial charge in [-0.3, -0.25) is 0 Å². The number of carbonyl (C=O) groups excluding carboxylic acids is 1. The monoisotopic (exact) mass is 189 g/mol. The second-order valence-corrected chi connectivity index (χ2v) is 1.76. The van der Waals surface area contributed by atoms with Gasteiger partial charge in [-0.05, 0) is 13.2 Å². The third kappa shape index (κ3) is 2.58. The van der Waals surface area contributed by atoms with Crippen LogP contribution in [0.2, 0.25) is 0 Å². The number of nitrogens with zero attached hydrogens (tertiary/aromatic N) is 1. The topological polar surface area (TPSA) is 52.3 Å². The second kappa shape index (κ2) is 5.65. The zero-order valence-electron chi connectivity index (χ0n) is 7.20. The SMILES string of the molecule is COC(=O)c1ocnc1C.CS. The predicted octanol–water partition coefficient (Wildman–Crippen LogP) is 1.32. The highest BCUT2D eigenvalue weighted by Crippen LogP contribution is 2.05. The molecule has 0 fully saturated rings. The summed E-state index contributed by atoms with van der Waals surface area (Å²) in [6.07, 6.45) is 2.90. The maximum Gasteiger partial charge on any atom is 0.375 e. The van der Waals surface area contributed by atoms with E-state index in [1.807, 2.05) is 0 Å². The molecule has 1 aromatic rings. The lowest BCUT2D eigenvalue weighted by Crippen LogP contribution is -2.00. The number of methoxy groups -OCH3 is 1. The molecular weight excluding hydrogens is 178 g/mol. The Labute approximate surface area is 76.3 Å². The number of hydrogen-bond acceptors (Lipinski definition) is 5. The zero-order valence-corrected chi connectivity index (χ0v) is 8.09. The number of thiol groups is 1.